The lowest BCUT2D eigenvalue weighted by Crippen LogP contribution is -2.20. The normalized spacial score (nSPS) is 10.3. The van der Waals surface area contributed by atoms with E-state index in [0.29, 0.717) is 11.4 Å². The number of nitrogens with zero attached hydrogens (tertiary/aromatic N) is 2. The van der Waals surface area contributed by atoms with Crippen LogP contribution in [0.1, 0.15) is 0 Å². The predicted molar refractivity (Wildman–Crippen MR) is 46.0 cm³/mol. The van der Waals surface area contributed by atoms with Crippen molar-refractivity contribution in [3.05, 3.63) is 30.7 Å². The summed E-state index contributed by atoms with van der Waals surface area (Å²) in [6, 6.07) is 3.34. The Hall–Kier alpha value is -1.53. The molecule has 0 aliphatic heterocycles. The van der Waals surface area contributed by atoms with Crippen molar-refractivity contribution in [3.8, 4) is 5.75 Å². The van der Waals surface area contributed by atoms with E-state index >= 15 is 0 Å². The number of rotatable bonds is 2. The highest BCUT2D eigenvalue weighted by molar-refractivity contribution is 6.34. The molecule has 0 saturated carbocycles. The van der Waals surface area contributed by atoms with Gasteiger partial charge in [0.25, 0.3) is 0 Å². The van der Waals surface area contributed by atoms with E-state index in [2.05, 4.69) is 4.98 Å². The van der Waals surface area contributed by atoms with Crippen LogP contribution in [0.25, 0.3) is 5.65 Å². The molecular weight excluding hydrogens is 171 g/mol. The lowest BCUT2D eigenvalue weighted by Gasteiger charge is -2.04. The van der Waals surface area contributed by atoms with Crippen molar-refractivity contribution in [2.45, 2.75) is 0 Å². The predicted octanol–water partition coefficient (Wildman–Crippen LogP) is -0.317. The summed E-state index contributed by atoms with van der Waals surface area (Å²) in [5.74, 6) is 0.336. The van der Waals surface area contributed by atoms with E-state index in [0.717, 1.165) is 0 Å². The van der Waals surface area contributed by atoms with E-state index in [1.54, 1.807) is 35.1 Å². The Morgan fingerprint density at radius 2 is 2.23 bits per heavy atom. The van der Waals surface area contributed by atoms with Crippen LogP contribution in [-0.2, 0) is 0 Å². The Kier molecular flexibility index (Phi) is 1.92. The third-order valence-electron chi connectivity index (χ3n) is 1.62. The molecule has 0 aromatic carbocycles. The van der Waals surface area contributed by atoms with E-state index in [1.807, 2.05) is 0 Å². The number of hydrogen-bond acceptors (Lipinski definition) is 4. The van der Waals surface area contributed by atoms with Crippen LogP contribution in [0.5, 0.6) is 5.75 Å². The Balaban J connectivity index is 2.48. The van der Waals surface area contributed by atoms with Crippen LogP contribution in [0.3, 0.4) is 0 Å². The summed E-state index contributed by atoms with van der Waals surface area (Å²) >= 11 is 0. The van der Waals surface area contributed by atoms with Crippen molar-refractivity contribution in [1.82, 2.24) is 9.38 Å². The van der Waals surface area contributed by atoms with Gasteiger partial charge in [0, 0.05) is 18.6 Å². The molecule has 0 spiro atoms. The highest BCUT2D eigenvalue weighted by atomic mass is 16.6. The van der Waals surface area contributed by atoms with Crippen molar-refractivity contribution in [1.29, 1.82) is 0 Å². The van der Waals surface area contributed by atoms with Gasteiger partial charge in [-0.2, -0.15) is 0 Å². The average Bonchev–Trinajstić information content (AvgIpc) is 2.51. The topological polar surface area (TPSA) is 67.0 Å². The van der Waals surface area contributed by atoms with E-state index < -0.39 is 7.32 Å². The first-order valence-electron chi connectivity index (χ1n) is 3.72. The summed E-state index contributed by atoms with van der Waals surface area (Å²) in [5, 5.41) is 17.2. The summed E-state index contributed by atoms with van der Waals surface area (Å²) in [6.07, 6.45) is 5.14. The van der Waals surface area contributed by atoms with Gasteiger partial charge in [-0.15, -0.1) is 0 Å². The van der Waals surface area contributed by atoms with Gasteiger partial charge in [-0.1, -0.05) is 0 Å². The molecule has 2 aromatic rings. The summed E-state index contributed by atoms with van der Waals surface area (Å²) in [7, 11) is -1.82. The largest absolute Gasteiger partial charge is 0.707 e. The maximum Gasteiger partial charge on any atom is 0.707 e. The number of pyridine rings is 1. The van der Waals surface area contributed by atoms with Crippen molar-refractivity contribution in [2.24, 2.45) is 0 Å². The van der Waals surface area contributed by atoms with Gasteiger partial charge < -0.3 is 19.1 Å². The Labute approximate surface area is 74.4 Å². The molecule has 0 aliphatic rings. The van der Waals surface area contributed by atoms with Crippen molar-refractivity contribution in [2.75, 3.05) is 0 Å². The highest BCUT2D eigenvalue weighted by Crippen LogP contribution is 2.16. The standard InChI is InChI=1S/C7H7BN2O3/c11-8(12)13-6-2-1-4-10-5-3-9-7(6)10/h1-5,11-12H. The van der Waals surface area contributed by atoms with Crippen LogP contribution in [-0.4, -0.2) is 26.8 Å². The fourth-order valence-corrected chi connectivity index (χ4v) is 1.13. The molecule has 0 atom stereocenters. The SMILES string of the molecule is OB(O)Oc1cccn2ccnc12. The molecular formula is C7H7BN2O3. The third kappa shape index (κ3) is 1.49. The third-order valence-corrected chi connectivity index (χ3v) is 1.62. The number of fused-ring (bicyclic) bond motifs is 1. The lowest BCUT2D eigenvalue weighted by molar-refractivity contribution is 0.289. The Bertz CT molecular complexity index is 415. The maximum atomic E-state index is 8.60. The molecule has 66 valence electrons. The fraction of sp³-hybridized carbons (Fsp3) is 0. The Morgan fingerprint density at radius 1 is 1.38 bits per heavy atom. The zero-order chi connectivity index (χ0) is 9.26. The molecule has 0 bridgehead atoms. The van der Waals surface area contributed by atoms with Gasteiger partial charge in [-0.3, -0.25) is 0 Å². The van der Waals surface area contributed by atoms with E-state index in [-0.39, 0.29) is 0 Å². The van der Waals surface area contributed by atoms with Crippen LogP contribution in [0.15, 0.2) is 30.7 Å². The number of aromatic nitrogens is 2. The Morgan fingerprint density at radius 3 is 3.00 bits per heavy atom. The molecule has 0 fully saturated rings. The van der Waals surface area contributed by atoms with Gasteiger partial charge in [0.2, 0.25) is 0 Å². The van der Waals surface area contributed by atoms with E-state index in [4.69, 9.17) is 14.7 Å². The van der Waals surface area contributed by atoms with Gasteiger partial charge in [0.15, 0.2) is 5.65 Å². The molecule has 5 nitrogen and oxygen atoms in total. The molecule has 0 unspecified atom stereocenters. The zero-order valence-corrected chi connectivity index (χ0v) is 6.66. The molecule has 13 heavy (non-hydrogen) atoms. The summed E-state index contributed by atoms with van der Waals surface area (Å²) in [5.41, 5.74) is 0.551. The van der Waals surface area contributed by atoms with Crippen LogP contribution in [0.4, 0.5) is 0 Å². The second-order valence-corrected chi connectivity index (χ2v) is 2.47. The minimum atomic E-state index is -1.82. The monoisotopic (exact) mass is 178 g/mol. The zero-order valence-electron chi connectivity index (χ0n) is 6.66. The average molecular weight is 178 g/mol. The van der Waals surface area contributed by atoms with Crippen LogP contribution in [0.2, 0.25) is 0 Å². The second kappa shape index (κ2) is 3.08. The molecule has 2 rings (SSSR count). The molecule has 6 heteroatoms. The van der Waals surface area contributed by atoms with Gasteiger partial charge >= 0.3 is 7.32 Å². The smallest absolute Gasteiger partial charge is 0.509 e. The van der Waals surface area contributed by atoms with Crippen molar-refractivity contribution >= 4 is 13.0 Å². The first-order chi connectivity index (χ1) is 6.27. The van der Waals surface area contributed by atoms with E-state index in [1.165, 1.54) is 0 Å². The highest BCUT2D eigenvalue weighted by Gasteiger charge is 2.13. The first kappa shape index (κ1) is 8.09. The minimum absolute atomic E-state index is 0.336. The fourth-order valence-electron chi connectivity index (χ4n) is 1.13. The van der Waals surface area contributed by atoms with Crippen LogP contribution >= 0.6 is 0 Å². The first-order valence-corrected chi connectivity index (χ1v) is 3.72. The molecule has 0 radical (unpaired) electrons. The molecule has 0 amide bonds. The van der Waals surface area contributed by atoms with Gasteiger partial charge in [0.1, 0.15) is 5.75 Å². The summed E-state index contributed by atoms with van der Waals surface area (Å²) in [6.45, 7) is 0. The van der Waals surface area contributed by atoms with Gasteiger partial charge in [-0.25, -0.2) is 4.98 Å². The quantitative estimate of drug-likeness (QED) is 0.618. The van der Waals surface area contributed by atoms with Gasteiger partial charge in [-0.05, 0) is 12.1 Å². The van der Waals surface area contributed by atoms with Crippen molar-refractivity contribution < 1.29 is 14.7 Å². The van der Waals surface area contributed by atoms with Crippen LogP contribution in [0, 0.1) is 0 Å². The van der Waals surface area contributed by atoms with Crippen LogP contribution < -0.4 is 4.65 Å². The molecule has 0 aliphatic carbocycles. The van der Waals surface area contributed by atoms with E-state index in [9.17, 15) is 0 Å². The number of hydrogen-bond donors (Lipinski definition) is 2. The van der Waals surface area contributed by atoms with Gasteiger partial charge in [0.05, 0.1) is 0 Å². The second-order valence-electron chi connectivity index (χ2n) is 2.47. The molecule has 2 aromatic heterocycles. The lowest BCUT2D eigenvalue weighted by atomic mass is 10.2. The summed E-state index contributed by atoms with van der Waals surface area (Å²) < 4.78 is 6.43. The maximum absolute atomic E-state index is 8.60. The molecule has 0 saturated heterocycles. The molecule has 2 N–H and O–H groups in total. The molecule has 2 heterocycles. The minimum Gasteiger partial charge on any atom is -0.509 e. The number of imidazole rings is 1. The van der Waals surface area contributed by atoms with Crippen molar-refractivity contribution in [3.63, 3.8) is 0 Å². The summed E-state index contributed by atoms with van der Waals surface area (Å²) in [4.78, 5) is 3.99.